The largest absolute Gasteiger partial charge is 0.437 e. The smallest absolute Gasteiger partial charge is 0.244 e. The predicted molar refractivity (Wildman–Crippen MR) is 119 cm³/mol. The Kier molecular flexibility index (Phi) is 4.47. The number of hydrogen-bond acceptors (Lipinski definition) is 2. The van der Waals surface area contributed by atoms with E-state index in [1.807, 2.05) is 6.07 Å². The number of nitrogens with zero attached hydrogens (tertiary/aromatic N) is 2. The average Bonchev–Trinajstić information content (AvgIpc) is 3.01. The minimum Gasteiger partial charge on any atom is -0.437 e. The molecule has 0 bridgehead atoms. The van der Waals surface area contributed by atoms with E-state index in [2.05, 4.69) is 65.9 Å². The van der Waals surface area contributed by atoms with Crippen molar-refractivity contribution < 1.29 is 9.13 Å². The molecule has 5 rings (SSSR count). The quantitative estimate of drug-likeness (QED) is 0.334. The van der Waals surface area contributed by atoms with Crippen molar-refractivity contribution in [2.45, 2.75) is 20.4 Å². The maximum atomic E-state index is 13.3. The van der Waals surface area contributed by atoms with Gasteiger partial charge in [0.15, 0.2) is 0 Å². The van der Waals surface area contributed by atoms with Crippen molar-refractivity contribution in [3.8, 4) is 11.6 Å². The molecule has 0 spiro atoms. The van der Waals surface area contributed by atoms with E-state index in [4.69, 9.17) is 4.74 Å². The Morgan fingerprint density at radius 1 is 0.900 bits per heavy atom. The molecule has 3 nitrogen and oxygen atoms in total. The molecule has 30 heavy (non-hydrogen) atoms. The minimum atomic E-state index is -0.292. The Hall–Kier alpha value is -3.66. The molecule has 0 saturated heterocycles. The molecule has 0 unspecified atom stereocenters. The maximum absolute atomic E-state index is 13.3. The molecule has 0 atom stereocenters. The molecule has 4 heteroatoms. The second kappa shape index (κ2) is 7.30. The molecule has 3 aromatic carbocycles. The molecule has 0 N–H and O–H groups in total. The van der Waals surface area contributed by atoms with Crippen LogP contribution in [-0.4, -0.2) is 9.55 Å². The minimum absolute atomic E-state index is 0.292. The Labute approximate surface area is 174 Å². The van der Waals surface area contributed by atoms with E-state index < -0.39 is 0 Å². The third kappa shape index (κ3) is 3.20. The van der Waals surface area contributed by atoms with Crippen molar-refractivity contribution in [2.75, 3.05) is 0 Å². The first-order valence-corrected chi connectivity index (χ1v) is 9.95. The van der Waals surface area contributed by atoms with Crippen molar-refractivity contribution in [1.29, 1.82) is 0 Å². The number of fused-ring (bicyclic) bond motifs is 2. The standard InChI is InChI=1S/C26H21FN2O/c1-17-18(2)29(16-19-7-8-20-5-3-4-6-21(20)15-19)25-24(17)13-14-28-26(25)30-23-11-9-22(27)10-12-23/h3-15H,16H2,1-2H3. The van der Waals surface area contributed by atoms with Gasteiger partial charge in [-0.25, -0.2) is 9.37 Å². The van der Waals surface area contributed by atoms with E-state index in [1.165, 1.54) is 39.7 Å². The molecule has 0 aliphatic carbocycles. The summed E-state index contributed by atoms with van der Waals surface area (Å²) in [4.78, 5) is 4.49. The van der Waals surface area contributed by atoms with Crippen LogP contribution >= 0.6 is 0 Å². The lowest BCUT2D eigenvalue weighted by Crippen LogP contribution is -2.03. The summed E-state index contributed by atoms with van der Waals surface area (Å²) < 4.78 is 21.6. The lowest BCUT2D eigenvalue weighted by molar-refractivity contribution is 0.464. The van der Waals surface area contributed by atoms with Crippen molar-refractivity contribution in [3.05, 3.63) is 102 Å². The molecule has 148 valence electrons. The van der Waals surface area contributed by atoms with E-state index in [-0.39, 0.29) is 5.82 Å². The number of rotatable bonds is 4. The first kappa shape index (κ1) is 18.4. The molecule has 0 aliphatic heterocycles. The van der Waals surface area contributed by atoms with Gasteiger partial charge >= 0.3 is 0 Å². The average molecular weight is 396 g/mol. The highest BCUT2D eigenvalue weighted by Crippen LogP contribution is 2.34. The van der Waals surface area contributed by atoms with Gasteiger partial charge in [0.2, 0.25) is 5.88 Å². The van der Waals surface area contributed by atoms with Gasteiger partial charge in [-0.1, -0.05) is 36.4 Å². The van der Waals surface area contributed by atoms with Crippen molar-refractivity contribution >= 4 is 21.7 Å². The van der Waals surface area contributed by atoms with Gasteiger partial charge in [-0.05, 0) is 72.1 Å². The number of halogens is 1. The van der Waals surface area contributed by atoms with Crippen LogP contribution in [0.25, 0.3) is 21.7 Å². The van der Waals surface area contributed by atoms with E-state index in [0.29, 0.717) is 18.2 Å². The number of aromatic nitrogens is 2. The van der Waals surface area contributed by atoms with E-state index in [1.54, 1.807) is 18.3 Å². The van der Waals surface area contributed by atoms with E-state index in [0.717, 1.165) is 10.9 Å². The highest BCUT2D eigenvalue weighted by Gasteiger charge is 2.17. The normalized spacial score (nSPS) is 11.3. The van der Waals surface area contributed by atoms with Crippen LogP contribution in [0.2, 0.25) is 0 Å². The lowest BCUT2D eigenvalue weighted by Gasteiger charge is -2.12. The lowest BCUT2D eigenvalue weighted by atomic mass is 10.1. The Balaban J connectivity index is 1.61. The SMILES string of the molecule is Cc1c(C)n(Cc2ccc3ccccc3c2)c2c(Oc3ccc(F)cc3)nccc12. The van der Waals surface area contributed by atoms with Crippen molar-refractivity contribution in [1.82, 2.24) is 9.55 Å². The zero-order chi connectivity index (χ0) is 20.7. The number of aryl methyl sites for hydroxylation is 1. The zero-order valence-corrected chi connectivity index (χ0v) is 16.9. The first-order chi connectivity index (χ1) is 14.6. The Morgan fingerprint density at radius 3 is 2.47 bits per heavy atom. The van der Waals surface area contributed by atoms with Gasteiger partial charge in [0.1, 0.15) is 17.1 Å². The molecular formula is C26H21FN2O. The van der Waals surface area contributed by atoms with E-state index in [9.17, 15) is 4.39 Å². The highest BCUT2D eigenvalue weighted by molar-refractivity contribution is 5.89. The molecule has 0 radical (unpaired) electrons. The predicted octanol–water partition coefficient (Wildman–Crippen LogP) is 6.79. The van der Waals surface area contributed by atoms with Gasteiger partial charge in [-0.15, -0.1) is 0 Å². The fourth-order valence-electron chi connectivity index (χ4n) is 3.97. The van der Waals surface area contributed by atoms with Gasteiger partial charge in [0.05, 0.1) is 0 Å². The third-order valence-corrected chi connectivity index (χ3v) is 5.69. The fraction of sp³-hybridized carbons (Fsp3) is 0.115. The summed E-state index contributed by atoms with van der Waals surface area (Å²) in [6.07, 6.45) is 1.76. The monoisotopic (exact) mass is 396 g/mol. The van der Waals surface area contributed by atoms with Gasteiger partial charge in [-0.3, -0.25) is 0 Å². The molecule has 0 amide bonds. The molecule has 0 saturated carbocycles. The van der Waals surface area contributed by atoms with Crippen LogP contribution in [0.5, 0.6) is 11.6 Å². The number of benzene rings is 3. The van der Waals surface area contributed by atoms with Crippen LogP contribution in [0.3, 0.4) is 0 Å². The number of hydrogen-bond donors (Lipinski definition) is 0. The van der Waals surface area contributed by atoms with Crippen molar-refractivity contribution in [3.63, 3.8) is 0 Å². The fourth-order valence-corrected chi connectivity index (χ4v) is 3.97. The second-order valence-electron chi connectivity index (χ2n) is 7.55. The summed E-state index contributed by atoms with van der Waals surface area (Å²) in [5, 5.41) is 3.57. The maximum Gasteiger partial charge on any atom is 0.244 e. The summed E-state index contributed by atoms with van der Waals surface area (Å²) in [6, 6.07) is 23.0. The summed E-state index contributed by atoms with van der Waals surface area (Å²) in [5.41, 5.74) is 4.54. The number of ether oxygens (including phenoxy) is 1. The van der Waals surface area contributed by atoms with Crippen LogP contribution < -0.4 is 4.74 Å². The molecule has 0 fully saturated rings. The second-order valence-corrected chi connectivity index (χ2v) is 7.55. The van der Waals surface area contributed by atoms with Crippen LogP contribution in [0, 0.1) is 19.7 Å². The van der Waals surface area contributed by atoms with Crippen LogP contribution in [0.1, 0.15) is 16.8 Å². The molecule has 2 heterocycles. The third-order valence-electron chi connectivity index (χ3n) is 5.69. The number of pyridine rings is 1. The van der Waals surface area contributed by atoms with Crippen LogP contribution in [0.4, 0.5) is 4.39 Å². The van der Waals surface area contributed by atoms with Crippen LogP contribution in [0.15, 0.2) is 79.0 Å². The topological polar surface area (TPSA) is 27.1 Å². The van der Waals surface area contributed by atoms with Gasteiger partial charge < -0.3 is 9.30 Å². The molecule has 5 aromatic rings. The summed E-state index contributed by atoms with van der Waals surface area (Å²) >= 11 is 0. The van der Waals surface area contributed by atoms with Gasteiger partial charge in [-0.2, -0.15) is 0 Å². The summed E-state index contributed by atoms with van der Waals surface area (Å²) in [6.45, 7) is 4.96. The molecule has 2 aromatic heterocycles. The zero-order valence-electron chi connectivity index (χ0n) is 16.9. The Morgan fingerprint density at radius 2 is 1.67 bits per heavy atom. The molecular weight excluding hydrogens is 375 g/mol. The van der Waals surface area contributed by atoms with Gasteiger partial charge in [0.25, 0.3) is 0 Å². The Bertz CT molecular complexity index is 1370. The first-order valence-electron chi connectivity index (χ1n) is 9.95. The van der Waals surface area contributed by atoms with E-state index >= 15 is 0 Å². The summed E-state index contributed by atoms with van der Waals surface area (Å²) in [7, 11) is 0. The molecule has 0 aliphatic rings. The van der Waals surface area contributed by atoms with Crippen molar-refractivity contribution in [2.24, 2.45) is 0 Å². The highest BCUT2D eigenvalue weighted by atomic mass is 19.1. The van der Waals surface area contributed by atoms with Crippen LogP contribution in [-0.2, 0) is 6.54 Å². The van der Waals surface area contributed by atoms with Gasteiger partial charge in [0, 0.05) is 23.8 Å². The summed E-state index contributed by atoms with van der Waals surface area (Å²) in [5.74, 6) is 0.793.